The molecule has 0 saturated heterocycles. The number of hydrogen-bond acceptors (Lipinski definition) is 7. The van der Waals surface area contributed by atoms with Gasteiger partial charge in [-0.05, 0) is 26.9 Å². The lowest BCUT2D eigenvalue weighted by atomic mass is 10.3. The molecule has 1 N–H and O–H groups in total. The molecule has 0 aromatic rings. The highest BCUT2D eigenvalue weighted by Crippen LogP contribution is 2.06. The van der Waals surface area contributed by atoms with Crippen molar-refractivity contribution in [1.82, 2.24) is 9.62 Å². The fourth-order valence-corrected chi connectivity index (χ4v) is 5.02. The Morgan fingerprint density at radius 2 is 1.32 bits per heavy atom. The lowest BCUT2D eigenvalue weighted by molar-refractivity contribution is 0.399. The van der Waals surface area contributed by atoms with E-state index in [4.69, 9.17) is 0 Å². The third-order valence-electron chi connectivity index (χ3n) is 2.85. The lowest BCUT2D eigenvalue weighted by Gasteiger charge is -2.17. The second-order valence-corrected chi connectivity index (χ2v) is 12.3. The monoisotopic (exact) mass is 418 g/mol. The topological polar surface area (TPSA) is 118 Å². The van der Waals surface area contributed by atoms with Gasteiger partial charge in [0.15, 0.2) is 19.7 Å². The third-order valence-corrected chi connectivity index (χ3v) is 6.61. The van der Waals surface area contributed by atoms with Crippen molar-refractivity contribution < 1.29 is 25.3 Å². The van der Waals surface area contributed by atoms with Crippen LogP contribution in [0.3, 0.4) is 0 Å². The zero-order valence-corrected chi connectivity index (χ0v) is 17.9. The molecule has 0 aromatic carbocycles. The van der Waals surface area contributed by atoms with Crippen LogP contribution in [0.4, 0.5) is 0 Å². The summed E-state index contributed by atoms with van der Waals surface area (Å²) in [6.45, 7) is 7.44. The van der Waals surface area contributed by atoms with Gasteiger partial charge in [0.05, 0.1) is 11.5 Å². The van der Waals surface area contributed by atoms with E-state index in [0.29, 0.717) is 13.0 Å². The van der Waals surface area contributed by atoms with E-state index in [1.807, 2.05) is 23.7 Å². The van der Waals surface area contributed by atoms with E-state index in [0.717, 1.165) is 12.5 Å². The van der Waals surface area contributed by atoms with Gasteiger partial charge in [-0.1, -0.05) is 12.2 Å². The van der Waals surface area contributed by atoms with E-state index in [1.165, 1.54) is 12.3 Å². The summed E-state index contributed by atoms with van der Waals surface area (Å²) in [5, 5.41) is -1.43. The van der Waals surface area contributed by atoms with Gasteiger partial charge in [0.2, 0.25) is 10.0 Å². The zero-order valence-electron chi connectivity index (χ0n) is 15.5. The smallest absolute Gasteiger partial charge is 0.209 e. The zero-order chi connectivity index (χ0) is 20.5. The summed E-state index contributed by atoms with van der Waals surface area (Å²) >= 11 is 0. The molecule has 0 aliphatic carbocycles. The number of nitrogens with zero attached hydrogens (tertiary/aromatic N) is 1. The summed E-state index contributed by atoms with van der Waals surface area (Å²) in [5.41, 5.74) is 0. The van der Waals surface area contributed by atoms with Crippen LogP contribution < -0.4 is 4.72 Å². The Hall–Kier alpha value is -0.750. The molecule has 25 heavy (non-hydrogen) atoms. The molecular weight excluding hydrogens is 388 g/mol. The minimum absolute atomic E-state index is 0.0614. The van der Waals surface area contributed by atoms with Crippen LogP contribution in [0.15, 0.2) is 25.3 Å². The fraction of sp³-hybridized carbons (Fsp3) is 0.714. The number of rotatable bonds is 10. The van der Waals surface area contributed by atoms with Gasteiger partial charge in [-0.25, -0.2) is 25.3 Å². The maximum Gasteiger partial charge on any atom is 0.209 e. The highest BCUT2D eigenvalue weighted by atomic mass is 32.2. The van der Waals surface area contributed by atoms with Gasteiger partial charge >= 0.3 is 0 Å². The van der Waals surface area contributed by atoms with Gasteiger partial charge in [-0.3, -0.25) is 0 Å². The summed E-state index contributed by atoms with van der Waals surface area (Å²) in [5.74, 6) is 0. The molecule has 0 amide bonds. The van der Waals surface area contributed by atoms with Gasteiger partial charge in [0.1, 0.15) is 5.37 Å². The average molecular weight is 419 g/mol. The van der Waals surface area contributed by atoms with Crippen molar-refractivity contribution in [2.75, 3.05) is 39.4 Å². The summed E-state index contributed by atoms with van der Waals surface area (Å²) in [6.07, 6.45) is 6.74. The SMILES string of the molecule is C=CCC(CN(C)C)S(C)(=O)=O.C=CCC(NS(C)(=O)=O)S(C)(=O)=O. The summed E-state index contributed by atoms with van der Waals surface area (Å²) < 4.78 is 67.9. The van der Waals surface area contributed by atoms with Crippen LogP contribution in [0.2, 0.25) is 0 Å². The van der Waals surface area contributed by atoms with E-state index in [-0.39, 0.29) is 11.7 Å². The number of sulfone groups is 2. The van der Waals surface area contributed by atoms with E-state index in [9.17, 15) is 25.3 Å². The van der Waals surface area contributed by atoms with E-state index < -0.39 is 35.1 Å². The Kier molecular flexibility index (Phi) is 11.7. The molecule has 150 valence electrons. The van der Waals surface area contributed by atoms with Crippen molar-refractivity contribution in [3.05, 3.63) is 25.3 Å². The van der Waals surface area contributed by atoms with Gasteiger partial charge in [0, 0.05) is 19.1 Å². The lowest BCUT2D eigenvalue weighted by Crippen LogP contribution is -2.39. The van der Waals surface area contributed by atoms with Crippen molar-refractivity contribution >= 4 is 29.7 Å². The third kappa shape index (κ3) is 15.2. The Balaban J connectivity index is 0. The molecule has 0 radical (unpaired) electrons. The Morgan fingerprint density at radius 3 is 1.56 bits per heavy atom. The predicted octanol–water partition coefficient (Wildman–Crippen LogP) is 0.0197. The highest BCUT2D eigenvalue weighted by molar-refractivity contribution is 7.93. The molecule has 2 unspecified atom stereocenters. The normalized spacial score (nSPS) is 15.0. The molecule has 0 rings (SSSR count). The molecule has 0 spiro atoms. The van der Waals surface area contributed by atoms with Gasteiger partial charge < -0.3 is 4.90 Å². The van der Waals surface area contributed by atoms with Crippen LogP contribution in [-0.2, 0) is 29.7 Å². The predicted molar refractivity (Wildman–Crippen MR) is 103 cm³/mol. The first kappa shape index (κ1) is 26.5. The van der Waals surface area contributed by atoms with E-state index >= 15 is 0 Å². The molecule has 0 heterocycles. The van der Waals surface area contributed by atoms with E-state index in [1.54, 1.807) is 6.08 Å². The number of hydrogen-bond donors (Lipinski definition) is 1. The Bertz CT molecular complexity index is 725. The maximum absolute atomic E-state index is 11.2. The van der Waals surface area contributed by atoms with Gasteiger partial charge in [-0.2, -0.15) is 4.72 Å². The average Bonchev–Trinajstić information content (AvgIpc) is 2.34. The molecule has 0 aliphatic heterocycles. The van der Waals surface area contributed by atoms with E-state index in [2.05, 4.69) is 13.2 Å². The minimum atomic E-state index is -3.51. The molecular formula is C14H30N2O6S3. The molecule has 8 nitrogen and oxygen atoms in total. The summed E-state index contributed by atoms with van der Waals surface area (Å²) in [4.78, 5) is 1.87. The molecule has 0 aliphatic rings. The summed E-state index contributed by atoms with van der Waals surface area (Å²) in [6, 6.07) is 0. The molecule has 0 bridgehead atoms. The van der Waals surface area contributed by atoms with Crippen molar-refractivity contribution in [2.24, 2.45) is 0 Å². The van der Waals surface area contributed by atoms with Crippen LogP contribution in [-0.4, -0.2) is 80.2 Å². The first-order valence-corrected chi connectivity index (χ1v) is 13.1. The number of allylic oxidation sites excluding steroid dienone is 1. The first-order chi connectivity index (χ1) is 11.0. The van der Waals surface area contributed by atoms with Crippen LogP contribution in [0.5, 0.6) is 0 Å². The molecule has 0 fully saturated rings. The Labute approximate surface area is 152 Å². The largest absolute Gasteiger partial charge is 0.308 e. The van der Waals surface area contributed by atoms with Gasteiger partial charge in [0.25, 0.3) is 0 Å². The van der Waals surface area contributed by atoms with Crippen molar-refractivity contribution in [3.63, 3.8) is 0 Å². The van der Waals surface area contributed by atoms with Crippen molar-refractivity contribution in [2.45, 2.75) is 23.5 Å². The minimum Gasteiger partial charge on any atom is -0.308 e. The highest BCUT2D eigenvalue weighted by Gasteiger charge is 2.22. The quantitative estimate of drug-likeness (QED) is 0.497. The molecule has 0 aromatic heterocycles. The first-order valence-electron chi connectivity index (χ1n) is 7.26. The van der Waals surface area contributed by atoms with Crippen molar-refractivity contribution in [3.8, 4) is 0 Å². The molecule has 11 heteroatoms. The van der Waals surface area contributed by atoms with Crippen molar-refractivity contribution in [1.29, 1.82) is 0 Å². The van der Waals surface area contributed by atoms with Crippen LogP contribution >= 0.6 is 0 Å². The second-order valence-electron chi connectivity index (χ2n) is 5.97. The van der Waals surface area contributed by atoms with Crippen LogP contribution in [0.25, 0.3) is 0 Å². The van der Waals surface area contributed by atoms with Crippen LogP contribution in [0, 0.1) is 0 Å². The summed E-state index contributed by atoms with van der Waals surface area (Å²) in [7, 11) is -6.14. The standard InChI is InChI=1S/C8H17NO2S.C6H13NO4S2/c1-5-6-8(7-9(2)3)12(4,10)11;1-4-5-6(12(2,8)9)7-13(3,10)11/h5,8H,1,6-7H2,2-4H3;4,6-7H,1,5H2,2-3H3. The second kappa shape index (κ2) is 11.1. The number of nitrogens with one attached hydrogen (secondary N) is 1. The molecule has 2 atom stereocenters. The Morgan fingerprint density at radius 1 is 0.880 bits per heavy atom. The molecule has 0 saturated carbocycles. The number of sulfonamides is 1. The maximum atomic E-state index is 11.2. The van der Waals surface area contributed by atoms with Crippen LogP contribution in [0.1, 0.15) is 12.8 Å². The fourth-order valence-electron chi connectivity index (χ4n) is 1.68. The van der Waals surface area contributed by atoms with Gasteiger partial charge in [-0.15, -0.1) is 13.2 Å².